The molecule has 0 saturated carbocycles. The highest BCUT2D eigenvalue weighted by molar-refractivity contribution is 5.93. The van der Waals surface area contributed by atoms with Crippen LogP contribution in [0, 0.1) is 13.8 Å². The highest BCUT2D eigenvalue weighted by Gasteiger charge is 2.08. The zero-order valence-electron chi connectivity index (χ0n) is 12.5. The van der Waals surface area contributed by atoms with Crippen LogP contribution < -0.4 is 5.32 Å². The van der Waals surface area contributed by atoms with E-state index in [9.17, 15) is 4.79 Å². The first kappa shape index (κ1) is 16.6. The highest BCUT2D eigenvalue weighted by atomic mass is 16.5. The van der Waals surface area contributed by atoms with Crippen LogP contribution in [0.4, 0.5) is 5.69 Å². The molecule has 0 aliphatic carbocycles. The lowest BCUT2D eigenvalue weighted by molar-refractivity contribution is -0.117. The van der Waals surface area contributed by atoms with Crippen molar-refractivity contribution in [2.75, 3.05) is 45.3 Å². The molecule has 20 heavy (non-hydrogen) atoms. The molecule has 0 atom stereocenters. The monoisotopic (exact) mass is 280 g/mol. The van der Waals surface area contributed by atoms with E-state index in [0.717, 1.165) is 16.8 Å². The molecule has 0 fully saturated rings. The van der Waals surface area contributed by atoms with Crippen LogP contribution in [0.15, 0.2) is 18.2 Å². The molecule has 0 saturated heterocycles. The normalized spacial score (nSPS) is 10.8. The number of ether oxygens (including phenoxy) is 1. The van der Waals surface area contributed by atoms with E-state index in [1.54, 1.807) is 0 Å². The number of nitrogens with zero attached hydrogens (tertiary/aromatic N) is 1. The van der Waals surface area contributed by atoms with Crippen molar-refractivity contribution in [1.29, 1.82) is 0 Å². The summed E-state index contributed by atoms with van der Waals surface area (Å²) in [6, 6.07) is 5.87. The number of nitrogens with one attached hydrogen (secondary N) is 1. The molecule has 0 aliphatic heterocycles. The van der Waals surface area contributed by atoms with E-state index in [-0.39, 0.29) is 12.5 Å². The third-order valence-electron chi connectivity index (χ3n) is 3.15. The molecular weight excluding hydrogens is 256 g/mol. The molecule has 2 N–H and O–H groups in total. The number of carbonyl (C=O) groups excluding carboxylic acids is 1. The molecule has 0 aromatic heterocycles. The van der Waals surface area contributed by atoms with Gasteiger partial charge >= 0.3 is 0 Å². The van der Waals surface area contributed by atoms with Crippen molar-refractivity contribution >= 4 is 11.6 Å². The van der Waals surface area contributed by atoms with E-state index in [0.29, 0.717) is 26.3 Å². The van der Waals surface area contributed by atoms with Gasteiger partial charge < -0.3 is 15.2 Å². The third-order valence-corrected chi connectivity index (χ3v) is 3.15. The number of benzene rings is 1. The van der Waals surface area contributed by atoms with Crippen LogP contribution in [0.3, 0.4) is 0 Å². The Morgan fingerprint density at radius 3 is 2.80 bits per heavy atom. The highest BCUT2D eigenvalue weighted by Crippen LogP contribution is 2.17. The van der Waals surface area contributed by atoms with Crippen LogP contribution in [0.25, 0.3) is 0 Å². The predicted octanol–water partition coefficient (Wildman–Crippen LogP) is 1.18. The van der Waals surface area contributed by atoms with Gasteiger partial charge in [-0.05, 0) is 38.1 Å². The van der Waals surface area contributed by atoms with Gasteiger partial charge in [0.15, 0.2) is 0 Å². The summed E-state index contributed by atoms with van der Waals surface area (Å²) in [5.41, 5.74) is 3.11. The average molecular weight is 280 g/mol. The van der Waals surface area contributed by atoms with E-state index in [2.05, 4.69) is 5.32 Å². The number of amides is 1. The van der Waals surface area contributed by atoms with Crippen molar-refractivity contribution in [1.82, 2.24) is 4.90 Å². The van der Waals surface area contributed by atoms with Crippen LogP contribution in [0.1, 0.15) is 11.1 Å². The van der Waals surface area contributed by atoms with Crippen LogP contribution >= 0.6 is 0 Å². The standard InChI is InChI=1S/C15H24N2O3/c1-12-5-4-6-14(13(12)2)16-15(19)11-17(3)7-9-20-10-8-18/h4-6,18H,7-11H2,1-3H3,(H,16,19). The van der Waals surface area contributed by atoms with E-state index in [4.69, 9.17) is 9.84 Å². The van der Waals surface area contributed by atoms with Crippen molar-refractivity contribution in [3.8, 4) is 0 Å². The lowest BCUT2D eigenvalue weighted by atomic mass is 10.1. The molecule has 112 valence electrons. The Morgan fingerprint density at radius 2 is 2.10 bits per heavy atom. The van der Waals surface area contributed by atoms with Gasteiger partial charge in [0.25, 0.3) is 0 Å². The lowest BCUT2D eigenvalue weighted by Gasteiger charge is -2.17. The summed E-state index contributed by atoms with van der Waals surface area (Å²) in [7, 11) is 1.87. The molecule has 1 aromatic rings. The van der Waals surface area contributed by atoms with Crippen molar-refractivity contribution in [3.63, 3.8) is 0 Å². The van der Waals surface area contributed by atoms with Crippen LogP contribution in [-0.2, 0) is 9.53 Å². The second kappa shape index (κ2) is 8.68. The van der Waals surface area contributed by atoms with Gasteiger partial charge in [0, 0.05) is 12.2 Å². The largest absolute Gasteiger partial charge is 0.394 e. The molecule has 1 aromatic carbocycles. The molecule has 0 spiro atoms. The summed E-state index contributed by atoms with van der Waals surface area (Å²) in [4.78, 5) is 13.8. The van der Waals surface area contributed by atoms with Gasteiger partial charge in [-0.3, -0.25) is 9.69 Å². The van der Waals surface area contributed by atoms with Crippen LogP contribution in [0.5, 0.6) is 0 Å². The summed E-state index contributed by atoms with van der Waals surface area (Å²) in [6.45, 7) is 5.86. The van der Waals surface area contributed by atoms with Crippen molar-refractivity contribution < 1.29 is 14.6 Å². The van der Waals surface area contributed by atoms with Gasteiger partial charge in [-0.2, -0.15) is 0 Å². The van der Waals surface area contributed by atoms with Gasteiger partial charge in [-0.15, -0.1) is 0 Å². The predicted molar refractivity (Wildman–Crippen MR) is 79.9 cm³/mol. The number of aliphatic hydroxyl groups excluding tert-OH is 1. The molecule has 0 aliphatic rings. The Kier molecular flexibility index (Phi) is 7.22. The number of aliphatic hydroxyl groups is 1. The summed E-state index contributed by atoms with van der Waals surface area (Å²) >= 11 is 0. The molecule has 1 amide bonds. The lowest BCUT2D eigenvalue weighted by Crippen LogP contribution is -2.32. The summed E-state index contributed by atoms with van der Waals surface area (Å²) in [6.07, 6.45) is 0. The van der Waals surface area contributed by atoms with Crippen molar-refractivity contribution in [3.05, 3.63) is 29.3 Å². The first-order valence-corrected chi connectivity index (χ1v) is 6.77. The average Bonchev–Trinajstić information content (AvgIpc) is 2.40. The number of aryl methyl sites for hydroxylation is 1. The van der Waals surface area contributed by atoms with Crippen molar-refractivity contribution in [2.24, 2.45) is 0 Å². The third kappa shape index (κ3) is 5.69. The molecule has 0 unspecified atom stereocenters. The van der Waals surface area contributed by atoms with E-state index in [1.807, 2.05) is 44.0 Å². The maximum absolute atomic E-state index is 11.9. The Balaban J connectivity index is 2.37. The molecule has 0 bridgehead atoms. The topological polar surface area (TPSA) is 61.8 Å². The Bertz CT molecular complexity index is 435. The fraction of sp³-hybridized carbons (Fsp3) is 0.533. The minimum absolute atomic E-state index is 0.0246. The number of anilines is 1. The van der Waals surface area contributed by atoms with Crippen LogP contribution in [-0.4, -0.2) is 55.9 Å². The number of hydrogen-bond donors (Lipinski definition) is 2. The minimum Gasteiger partial charge on any atom is -0.394 e. The summed E-state index contributed by atoms with van der Waals surface area (Å²) in [5, 5.41) is 11.5. The van der Waals surface area contributed by atoms with Gasteiger partial charge in [-0.1, -0.05) is 12.1 Å². The van der Waals surface area contributed by atoms with Crippen LogP contribution in [0.2, 0.25) is 0 Å². The molecular formula is C15H24N2O3. The van der Waals surface area contributed by atoms with Gasteiger partial charge in [0.1, 0.15) is 0 Å². The Morgan fingerprint density at radius 1 is 1.35 bits per heavy atom. The fourth-order valence-electron chi connectivity index (χ4n) is 1.79. The van der Waals surface area contributed by atoms with Gasteiger partial charge in [-0.25, -0.2) is 0 Å². The zero-order chi connectivity index (χ0) is 15.0. The second-order valence-corrected chi connectivity index (χ2v) is 4.87. The minimum atomic E-state index is -0.0386. The van der Waals surface area contributed by atoms with E-state index >= 15 is 0 Å². The molecule has 5 nitrogen and oxygen atoms in total. The smallest absolute Gasteiger partial charge is 0.238 e. The quantitative estimate of drug-likeness (QED) is 0.702. The molecule has 0 radical (unpaired) electrons. The molecule has 1 rings (SSSR count). The second-order valence-electron chi connectivity index (χ2n) is 4.87. The maximum atomic E-state index is 11.9. The number of likely N-dealkylation sites (N-methyl/N-ethyl adjacent to an activating group) is 1. The maximum Gasteiger partial charge on any atom is 0.238 e. The number of hydrogen-bond acceptors (Lipinski definition) is 4. The van der Waals surface area contributed by atoms with Gasteiger partial charge in [0.05, 0.1) is 26.4 Å². The first-order valence-electron chi connectivity index (χ1n) is 6.77. The number of rotatable bonds is 8. The fourth-order valence-corrected chi connectivity index (χ4v) is 1.79. The van der Waals surface area contributed by atoms with Crippen molar-refractivity contribution in [2.45, 2.75) is 13.8 Å². The Hall–Kier alpha value is -1.43. The molecule has 0 heterocycles. The van der Waals surface area contributed by atoms with E-state index in [1.165, 1.54) is 0 Å². The first-order chi connectivity index (χ1) is 9.54. The summed E-state index contributed by atoms with van der Waals surface area (Å²) < 4.78 is 5.16. The SMILES string of the molecule is Cc1cccc(NC(=O)CN(C)CCOCCO)c1C. The van der Waals surface area contributed by atoms with E-state index < -0.39 is 0 Å². The summed E-state index contributed by atoms with van der Waals surface area (Å²) in [5.74, 6) is -0.0386. The Labute approximate surface area is 120 Å². The van der Waals surface area contributed by atoms with Gasteiger partial charge in [0.2, 0.25) is 5.91 Å². The number of carbonyl (C=O) groups is 1. The zero-order valence-corrected chi connectivity index (χ0v) is 12.5. The molecule has 5 heteroatoms.